The van der Waals surface area contributed by atoms with Crippen LogP contribution in [0.2, 0.25) is 0 Å². The molecule has 1 aromatic carbocycles. The molecule has 0 spiro atoms. The number of H-pyrrole nitrogens is 1. The molecule has 0 bridgehead atoms. The van der Waals surface area contributed by atoms with Crippen LogP contribution in [-0.2, 0) is 17.9 Å². The summed E-state index contributed by atoms with van der Waals surface area (Å²) in [5, 5.41) is 22.7. The van der Waals surface area contributed by atoms with Gasteiger partial charge in [0.15, 0.2) is 5.82 Å². The molecule has 86 valence electrons. The van der Waals surface area contributed by atoms with Crippen LogP contribution in [0.4, 0.5) is 0 Å². The third kappa shape index (κ3) is 1.99. The van der Waals surface area contributed by atoms with Crippen molar-refractivity contribution < 1.29 is 14.4 Å². The third-order valence-corrected chi connectivity index (χ3v) is 2.54. The van der Waals surface area contributed by atoms with Gasteiger partial charge in [0, 0.05) is 0 Å². The Hall–Kier alpha value is -1.93. The van der Waals surface area contributed by atoms with Crippen LogP contribution in [0.3, 0.4) is 0 Å². The van der Waals surface area contributed by atoms with Gasteiger partial charge in [0.1, 0.15) is 12.4 Å². The highest BCUT2D eigenvalue weighted by Gasteiger charge is 2.27. The number of fused-ring (bicyclic) bond motifs is 1. The number of aromatic nitrogens is 4. The van der Waals surface area contributed by atoms with E-state index in [4.69, 9.17) is 9.39 Å². The molecule has 0 saturated heterocycles. The van der Waals surface area contributed by atoms with Crippen LogP contribution in [0.15, 0.2) is 18.2 Å². The maximum atomic E-state index is 9.54. The third-order valence-electron chi connectivity index (χ3n) is 2.54. The van der Waals surface area contributed by atoms with Crippen molar-refractivity contribution in [3.05, 3.63) is 29.6 Å². The summed E-state index contributed by atoms with van der Waals surface area (Å²) in [7, 11) is -0.861. The number of hydrogen-bond acceptors (Lipinski definition) is 6. The van der Waals surface area contributed by atoms with Crippen molar-refractivity contribution in [2.24, 2.45) is 0 Å². The van der Waals surface area contributed by atoms with E-state index in [2.05, 4.69) is 20.6 Å². The summed E-state index contributed by atoms with van der Waals surface area (Å²) in [6.07, 6.45) is 0. The van der Waals surface area contributed by atoms with E-state index in [0.717, 1.165) is 11.0 Å². The van der Waals surface area contributed by atoms with E-state index in [9.17, 15) is 5.02 Å². The maximum absolute atomic E-state index is 9.54. The van der Waals surface area contributed by atoms with Crippen LogP contribution < -0.4 is 10.2 Å². The lowest BCUT2D eigenvalue weighted by Crippen LogP contribution is -2.27. The van der Waals surface area contributed by atoms with Gasteiger partial charge < -0.3 is 14.4 Å². The lowest BCUT2D eigenvalue weighted by Gasteiger charge is -2.05. The number of hydrogen-bond donors (Lipinski definition) is 2. The molecule has 0 amide bonds. The topological polar surface area (TPSA) is 93.2 Å². The van der Waals surface area contributed by atoms with Gasteiger partial charge in [0.25, 0.3) is 0 Å². The fourth-order valence-corrected chi connectivity index (χ4v) is 1.67. The van der Waals surface area contributed by atoms with Crippen molar-refractivity contribution >= 4 is 12.6 Å². The minimum atomic E-state index is -0.861. The first-order valence-corrected chi connectivity index (χ1v) is 5.11. The Labute approximate surface area is 96.9 Å². The molecule has 2 aromatic rings. The van der Waals surface area contributed by atoms with E-state index in [1.807, 2.05) is 12.1 Å². The largest absolute Gasteiger partial charge is 0.491 e. The van der Waals surface area contributed by atoms with Gasteiger partial charge in [0.05, 0.1) is 6.61 Å². The summed E-state index contributed by atoms with van der Waals surface area (Å²) in [4.78, 5) is 0. The van der Waals surface area contributed by atoms with Crippen LogP contribution in [0.5, 0.6) is 5.75 Å². The number of ether oxygens (including phenoxy) is 1. The van der Waals surface area contributed by atoms with Crippen LogP contribution in [0.25, 0.3) is 0 Å². The number of aromatic amines is 1. The summed E-state index contributed by atoms with van der Waals surface area (Å²) < 4.78 is 10.6. The monoisotopic (exact) mass is 232 g/mol. The van der Waals surface area contributed by atoms with E-state index in [-0.39, 0.29) is 6.61 Å². The Bertz CT molecular complexity index is 519. The summed E-state index contributed by atoms with van der Waals surface area (Å²) in [5.41, 5.74) is 1.73. The lowest BCUT2D eigenvalue weighted by molar-refractivity contribution is 0.275. The van der Waals surface area contributed by atoms with Gasteiger partial charge >= 0.3 is 7.12 Å². The van der Waals surface area contributed by atoms with Crippen molar-refractivity contribution in [1.29, 1.82) is 0 Å². The molecule has 0 fully saturated rings. The molecule has 0 unspecified atom stereocenters. The molecule has 8 heteroatoms. The van der Waals surface area contributed by atoms with Crippen molar-refractivity contribution in [3.63, 3.8) is 0 Å². The van der Waals surface area contributed by atoms with Gasteiger partial charge in [-0.2, -0.15) is 0 Å². The average Bonchev–Trinajstić information content (AvgIpc) is 2.97. The molecule has 1 aliphatic rings. The zero-order chi connectivity index (χ0) is 11.7. The molecule has 2 heterocycles. The second-order valence-corrected chi connectivity index (χ2v) is 3.66. The molecular weight excluding hydrogens is 223 g/mol. The number of nitrogens with zero attached hydrogens (tertiary/aromatic N) is 3. The van der Waals surface area contributed by atoms with Crippen LogP contribution in [-0.4, -0.2) is 32.8 Å². The van der Waals surface area contributed by atoms with Crippen molar-refractivity contribution in [2.75, 3.05) is 0 Å². The molecule has 0 aliphatic carbocycles. The molecule has 1 aliphatic heterocycles. The predicted octanol–water partition coefficient (Wildman–Crippen LogP) is -1.00. The molecule has 0 radical (unpaired) electrons. The Balaban J connectivity index is 1.74. The highest BCUT2D eigenvalue weighted by atomic mass is 16.5. The van der Waals surface area contributed by atoms with Gasteiger partial charge in [-0.05, 0) is 33.6 Å². The molecule has 1 aromatic heterocycles. The Kier molecular flexibility index (Phi) is 2.50. The van der Waals surface area contributed by atoms with Crippen molar-refractivity contribution in [3.8, 4) is 5.75 Å². The first-order chi connectivity index (χ1) is 8.33. The number of tetrazole rings is 1. The quantitative estimate of drug-likeness (QED) is 0.659. The lowest BCUT2D eigenvalue weighted by atomic mass is 9.79. The Morgan fingerprint density at radius 2 is 2.47 bits per heavy atom. The first kappa shape index (κ1) is 10.2. The maximum Gasteiger partial charge on any atom is 0.491 e. The van der Waals surface area contributed by atoms with Gasteiger partial charge in [0.2, 0.25) is 0 Å². The molecule has 0 atom stereocenters. The normalized spacial score (nSPS) is 13.8. The van der Waals surface area contributed by atoms with E-state index < -0.39 is 7.12 Å². The standard InChI is InChI=1S/C9H9BN4O3/c15-10-8-3-7(2-1-6(8)4-17-10)16-5-9-11-13-14-12-9/h1-3,15H,4-5H2,(H,11,12,13,14). The second kappa shape index (κ2) is 4.15. The van der Waals surface area contributed by atoms with Crippen LogP contribution in [0.1, 0.15) is 11.4 Å². The minimum absolute atomic E-state index is 0.253. The fraction of sp³-hybridized carbons (Fsp3) is 0.222. The first-order valence-electron chi connectivity index (χ1n) is 5.11. The summed E-state index contributed by atoms with van der Waals surface area (Å²) >= 11 is 0. The zero-order valence-electron chi connectivity index (χ0n) is 8.83. The summed E-state index contributed by atoms with van der Waals surface area (Å²) in [5.74, 6) is 1.19. The van der Waals surface area contributed by atoms with E-state index in [0.29, 0.717) is 18.2 Å². The highest BCUT2D eigenvalue weighted by molar-refractivity contribution is 6.61. The molecule has 3 rings (SSSR count). The summed E-state index contributed by atoms with van der Waals surface area (Å²) in [6.45, 7) is 0.686. The minimum Gasteiger partial charge on any atom is -0.486 e. The molecule has 0 saturated carbocycles. The van der Waals surface area contributed by atoms with E-state index in [1.165, 1.54) is 0 Å². The van der Waals surface area contributed by atoms with Crippen LogP contribution in [0, 0.1) is 0 Å². The highest BCUT2D eigenvalue weighted by Crippen LogP contribution is 2.16. The van der Waals surface area contributed by atoms with Gasteiger partial charge in [-0.15, -0.1) is 5.10 Å². The van der Waals surface area contributed by atoms with Gasteiger partial charge in [-0.25, -0.2) is 5.10 Å². The number of rotatable bonds is 3. The van der Waals surface area contributed by atoms with Crippen molar-refractivity contribution in [2.45, 2.75) is 13.2 Å². The fourth-order valence-electron chi connectivity index (χ4n) is 1.67. The van der Waals surface area contributed by atoms with Gasteiger partial charge in [-0.3, -0.25) is 0 Å². The second-order valence-electron chi connectivity index (χ2n) is 3.66. The number of benzene rings is 1. The molecule has 7 nitrogen and oxygen atoms in total. The molecule has 2 N–H and O–H groups in total. The van der Waals surface area contributed by atoms with Gasteiger partial charge in [-0.1, -0.05) is 6.07 Å². The van der Waals surface area contributed by atoms with E-state index in [1.54, 1.807) is 6.07 Å². The number of nitrogens with one attached hydrogen (secondary N) is 1. The molecule has 17 heavy (non-hydrogen) atoms. The zero-order valence-corrected chi connectivity index (χ0v) is 8.83. The van der Waals surface area contributed by atoms with Crippen LogP contribution >= 0.6 is 0 Å². The van der Waals surface area contributed by atoms with E-state index >= 15 is 0 Å². The Morgan fingerprint density at radius 1 is 1.53 bits per heavy atom. The summed E-state index contributed by atoms with van der Waals surface area (Å²) in [6, 6.07) is 5.46. The smallest absolute Gasteiger partial charge is 0.486 e. The molecular formula is C9H9BN4O3. The van der Waals surface area contributed by atoms with Crippen molar-refractivity contribution in [1.82, 2.24) is 20.6 Å². The Morgan fingerprint density at radius 3 is 3.29 bits per heavy atom. The average molecular weight is 232 g/mol. The predicted molar refractivity (Wildman–Crippen MR) is 57.3 cm³/mol. The SMILES string of the molecule is OB1OCc2ccc(OCc3nnn[nH]3)cc21.